The van der Waals surface area contributed by atoms with Gasteiger partial charge < -0.3 is 29.6 Å². The molecule has 0 heterocycles. The highest BCUT2D eigenvalue weighted by Gasteiger charge is 2.44. The van der Waals surface area contributed by atoms with Crippen LogP contribution in [-0.2, 0) is 20.9 Å². The van der Waals surface area contributed by atoms with Crippen molar-refractivity contribution in [2.45, 2.75) is 131 Å². The van der Waals surface area contributed by atoms with Crippen LogP contribution in [0, 0.1) is 29.6 Å². The number of benzene rings is 1. The van der Waals surface area contributed by atoms with Crippen molar-refractivity contribution in [2.24, 2.45) is 35.3 Å². The van der Waals surface area contributed by atoms with Crippen molar-refractivity contribution in [3.05, 3.63) is 35.4 Å². The van der Waals surface area contributed by atoms with Crippen LogP contribution in [0.5, 0.6) is 0 Å². The van der Waals surface area contributed by atoms with Gasteiger partial charge in [0.1, 0.15) is 19.6 Å². The molecule has 1 fully saturated rings. The van der Waals surface area contributed by atoms with Crippen molar-refractivity contribution in [2.75, 3.05) is 74.0 Å². The molecule has 0 spiro atoms. The predicted molar refractivity (Wildman–Crippen MR) is 224 cm³/mol. The fourth-order valence-corrected chi connectivity index (χ4v) is 10.3. The number of carbonyl (C=O) groups excluding carboxylic acids is 2. The maximum absolute atomic E-state index is 13.0. The van der Waals surface area contributed by atoms with Crippen LogP contribution in [0.1, 0.15) is 130 Å². The topological polar surface area (TPSA) is 109 Å². The van der Waals surface area contributed by atoms with Gasteiger partial charge in [-0.25, -0.2) is 0 Å². The number of quaternary nitrogens is 3. The van der Waals surface area contributed by atoms with E-state index >= 15 is 0 Å². The number of hydrogen-bond acceptors (Lipinski definition) is 3. The van der Waals surface area contributed by atoms with E-state index in [1.165, 1.54) is 67.5 Å². The average Bonchev–Trinajstić information content (AvgIpc) is 3.44. The fourth-order valence-electron chi connectivity index (χ4n) is 10.3. The highest BCUT2D eigenvalue weighted by Crippen LogP contribution is 2.46. The van der Waals surface area contributed by atoms with Crippen LogP contribution >= 0.6 is 0 Å². The zero-order valence-electron chi connectivity index (χ0n) is 36.7. The van der Waals surface area contributed by atoms with Crippen LogP contribution in [-0.4, -0.2) is 116 Å². The summed E-state index contributed by atoms with van der Waals surface area (Å²) < 4.78 is 3.15. The number of nitrogens with one attached hydrogen (secondary N) is 1. The molecule has 7 unspecified atom stereocenters. The first-order chi connectivity index (χ1) is 25.3. The van der Waals surface area contributed by atoms with Crippen molar-refractivity contribution >= 4 is 17.8 Å². The van der Waals surface area contributed by atoms with Gasteiger partial charge >= 0.3 is 5.97 Å². The minimum absolute atomic E-state index is 0.0719. The minimum Gasteiger partial charge on any atom is -0.481 e. The Morgan fingerprint density at radius 1 is 0.815 bits per heavy atom. The predicted octanol–water partition coefficient (Wildman–Crippen LogP) is 7.43. The normalized spacial score (nSPS) is 20.3. The fraction of sp³-hybridized carbons (Fsp3) is 0.800. The highest BCUT2D eigenvalue weighted by atomic mass is 16.4. The molecule has 9 heteroatoms. The first-order valence-electron chi connectivity index (χ1n) is 21.7. The number of hydrogen-bond donors (Lipinski definition) is 3. The van der Waals surface area contributed by atoms with Crippen LogP contribution in [0.25, 0.3) is 0 Å². The van der Waals surface area contributed by atoms with Crippen LogP contribution in [0.3, 0.4) is 0 Å². The van der Waals surface area contributed by atoms with Gasteiger partial charge in [0.05, 0.1) is 66.8 Å². The number of amides is 2. The molecular formula is C45H84N5O4+3. The van der Waals surface area contributed by atoms with Gasteiger partial charge in [0.25, 0.3) is 0 Å². The maximum atomic E-state index is 13.0. The second-order valence-electron chi connectivity index (χ2n) is 18.9. The Labute approximate surface area is 331 Å². The summed E-state index contributed by atoms with van der Waals surface area (Å²) in [4.78, 5) is 37.5. The van der Waals surface area contributed by atoms with E-state index in [0.29, 0.717) is 18.8 Å². The zero-order chi connectivity index (χ0) is 40.7. The second kappa shape index (κ2) is 22.3. The average molecular weight is 759 g/mol. The molecule has 1 aliphatic carbocycles. The van der Waals surface area contributed by atoms with Crippen LogP contribution in [0.4, 0.5) is 0 Å². The molecule has 0 saturated heterocycles. The summed E-state index contributed by atoms with van der Waals surface area (Å²) in [5.74, 6) is -1.83. The molecule has 0 radical (unpaired) electrons. The SMILES string of the molecule is CCC[N+](C)(C)CC[N+](C)(C)Cc1ccc(C(CC(C)C[N+](CCC)(CCC)CCC)CC2CC(NC(C)=O)CC2C(CC(CC)C(N)=O)C(=O)O)cc1. The van der Waals surface area contributed by atoms with Gasteiger partial charge in [0.2, 0.25) is 11.8 Å². The molecule has 54 heavy (non-hydrogen) atoms. The van der Waals surface area contributed by atoms with Gasteiger partial charge in [0, 0.05) is 30.4 Å². The summed E-state index contributed by atoms with van der Waals surface area (Å²) in [7, 11) is 9.34. The van der Waals surface area contributed by atoms with Crippen molar-refractivity contribution in [3.63, 3.8) is 0 Å². The van der Waals surface area contributed by atoms with E-state index in [9.17, 15) is 19.5 Å². The number of nitrogens with zero attached hydrogens (tertiary/aromatic N) is 3. The molecule has 0 bridgehead atoms. The Balaban J connectivity index is 2.51. The lowest BCUT2D eigenvalue weighted by atomic mass is 9.73. The van der Waals surface area contributed by atoms with Crippen LogP contribution in [0.2, 0.25) is 0 Å². The lowest BCUT2D eigenvalue weighted by Crippen LogP contribution is -2.52. The number of carbonyl (C=O) groups is 3. The van der Waals surface area contributed by atoms with E-state index in [0.717, 1.165) is 54.4 Å². The third kappa shape index (κ3) is 15.6. The molecule has 0 aromatic heterocycles. The van der Waals surface area contributed by atoms with Gasteiger partial charge in [-0.3, -0.25) is 14.4 Å². The summed E-state index contributed by atoms with van der Waals surface area (Å²) in [6, 6.07) is 9.28. The number of primary amides is 1. The zero-order valence-corrected chi connectivity index (χ0v) is 36.7. The number of aliphatic carboxylic acids is 1. The Kier molecular flexibility index (Phi) is 19.7. The molecule has 1 saturated carbocycles. The number of nitrogens with two attached hydrogens (primary N) is 1. The van der Waals surface area contributed by atoms with Crippen molar-refractivity contribution in [3.8, 4) is 0 Å². The Morgan fingerprint density at radius 3 is 1.85 bits per heavy atom. The van der Waals surface area contributed by atoms with E-state index in [1.54, 1.807) is 6.92 Å². The first-order valence-corrected chi connectivity index (χ1v) is 21.7. The quantitative estimate of drug-likeness (QED) is 0.0812. The molecule has 9 nitrogen and oxygen atoms in total. The van der Waals surface area contributed by atoms with E-state index < -0.39 is 23.7 Å². The van der Waals surface area contributed by atoms with Gasteiger partial charge in [-0.05, 0) is 87.5 Å². The molecule has 0 aliphatic heterocycles. The van der Waals surface area contributed by atoms with Gasteiger partial charge in [-0.2, -0.15) is 0 Å². The van der Waals surface area contributed by atoms with Gasteiger partial charge in [-0.15, -0.1) is 0 Å². The molecular weight excluding hydrogens is 675 g/mol. The molecule has 2 rings (SSSR count). The van der Waals surface area contributed by atoms with Crippen LogP contribution in [0.15, 0.2) is 24.3 Å². The first kappa shape index (κ1) is 47.7. The van der Waals surface area contributed by atoms with Gasteiger partial charge in [0.15, 0.2) is 0 Å². The Morgan fingerprint density at radius 2 is 1.37 bits per heavy atom. The molecule has 310 valence electrons. The number of likely N-dealkylation sites (N-methyl/N-ethyl adjacent to an activating group) is 2. The lowest BCUT2D eigenvalue weighted by Gasteiger charge is -2.41. The maximum Gasteiger partial charge on any atom is 0.306 e. The minimum atomic E-state index is -0.860. The Bertz CT molecular complexity index is 1260. The molecule has 7 atom stereocenters. The van der Waals surface area contributed by atoms with E-state index in [4.69, 9.17) is 5.73 Å². The van der Waals surface area contributed by atoms with E-state index in [1.807, 2.05) is 6.92 Å². The highest BCUT2D eigenvalue weighted by molar-refractivity contribution is 5.78. The largest absolute Gasteiger partial charge is 0.481 e. The standard InChI is InChI=1S/C45H81N5O4/c1-12-21-48(8,9)25-26-49(10,11)33-36-17-19-38(20-18-36)39(27-34(6)32-50(22-13-2,23-14-3)24-15-4)28-40-29-41(47-35(7)51)31-42(40)43(45(53)54)30-37(16-5)44(46)52/h17-20,34,37,39-43H,12-16,21-33H2,1-11H3,(H-3,46,47,51,52,53,54)/p+3. The molecule has 1 aliphatic rings. The summed E-state index contributed by atoms with van der Waals surface area (Å²) >= 11 is 0. The second-order valence-corrected chi connectivity index (χ2v) is 18.9. The van der Waals surface area contributed by atoms with Crippen molar-refractivity contribution < 1.29 is 32.9 Å². The van der Waals surface area contributed by atoms with Crippen molar-refractivity contribution in [1.82, 2.24) is 5.32 Å². The molecule has 1 aromatic carbocycles. The number of carboxylic acid groups (broad SMARTS) is 1. The lowest BCUT2D eigenvalue weighted by molar-refractivity contribution is -0.952. The smallest absolute Gasteiger partial charge is 0.306 e. The summed E-state index contributed by atoms with van der Waals surface area (Å²) in [6.45, 7) is 24.3. The summed E-state index contributed by atoms with van der Waals surface area (Å²) in [5, 5.41) is 13.7. The van der Waals surface area contributed by atoms with E-state index in [-0.39, 0.29) is 36.1 Å². The van der Waals surface area contributed by atoms with Gasteiger partial charge in [-0.1, -0.05) is 65.8 Å². The summed E-state index contributed by atoms with van der Waals surface area (Å²) in [6.07, 6.45) is 8.76. The Hall–Kier alpha value is -2.49. The summed E-state index contributed by atoms with van der Waals surface area (Å²) in [5.41, 5.74) is 8.42. The van der Waals surface area contributed by atoms with Crippen LogP contribution < -0.4 is 11.1 Å². The monoisotopic (exact) mass is 759 g/mol. The van der Waals surface area contributed by atoms with Crippen molar-refractivity contribution in [1.29, 1.82) is 0 Å². The third-order valence-corrected chi connectivity index (χ3v) is 12.7. The molecule has 1 aromatic rings. The molecule has 2 amide bonds. The number of carboxylic acids is 1. The molecule has 4 N–H and O–H groups in total. The third-order valence-electron chi connectivity index (χ3n) is 12.7. The number of rotatable bonds is 27. The van der Waals surface area contributed by atoms with E-state index in [2.05, 4.69) is 92.4 Å².